The van der Waals surface area contributed by atoms with Crippen LogP contribution in [-0.4, -0.2) is 11.3 Å². The summed E-state index contributed by atoms with van der Waals surface area (Å²) in [6, 6.07) is 1.56. The largest absolute Gasteiger partial charge is 0.573 e. The zero-order chi connectivity index (χ0) is 14.6. The lowest BCUT2D eigenvalue weighted by Crippen LogP contribution is -2.20. The van der Waals surface area contributed by atoms with Gasteiger partial charge in [-0.25, -0.2) is 8.78 Å². The van der Waals surface area contributed by atoms with Gasteiger partial charge in [0.25, 0.3) is 6.43 Å². The number of halogens is 6. The number of hydrogen-bond donors (Lipinski definition) is 0. The van der Waals surface area contributed by atoms with Crippen LogP contribution in [0.1, 0.15) is 23.2 Å². The predicted molar refractivity (Wildman–Crippen MR) is 54.8 cm³/mol. The maximum Gasteiger partial charge on any atom is 0.573 e. The predicted octanol–water partition coefficient (Wildman–Crippen LogP) is 3.72. The first-order valence-electron chi connectivity index (χ1n) is 4.77. The van der Waals surface area contributed by atoms with Crippen LogP contribution in [0.5, 0.6) is 5.75 Å². The monoisotopic (exact) mass is 300 g/mol. The lowest BCUT2D eigenvalue weighted by Gasteiger charge is -2.17. The van der Waals surface area contributed by atoms with Crippen LogP contribution in [0.2, 0.25) is 0 Å². The van der Waals surface area contributed by atoms with Gasteiger partial charge in [-0.15, -0.1) is 24.8 Å². The zero-order valence-corrected chi connectivity index (χ0v) is 9.90. The number of hydrogen-bond acceptors (Lipinski definition) is 3. The standard InChI is InChI=1S/C10H6ClF5N2O/c11-3-6-8(19-10(14,15)16)7(9(12)13)5(1-2-17)4-18-6/h4,9H,1,3H2. The molecule has 3 nitrogen and oxygen atoms in total. The fraction of sp³-hybridized carbons (Fsp3) is 0.400. The summed E-state index contributed by atoms with van der Waals surface area (Å²) in [5.41, 5.74) is -1.80. The number of nitriles is 1. The van der Waals surface area contributed by atoms with Gasteiger partial charge in [0, 0.05) is 6.20 Å². The molecule has 1 heterocycles. The Morgan fingerprint density at radius 1 is 1.42 bits per heavy atom. The Kier molecular flexibility index (Phi) is 4.89. The van der Waals surface area contributed by atoms with Gasteiger partial charge in [-0.2, -0.15) is 5.26 Å². The Hall–Kier alpha value is -1.62. The van der Waals surface area contributed by atoms with Gasteiger partial charge in [-0.1, -0.05) is 0 Å². The normalized spacial score (nSPS) is 11.5. The van der Waals surface area contributed by atoms with Crippen molar-refractivity contribution in [1.29, 1.82) is 5.26 Å². The average Bonchev–Trinajstić information content (AvgIpc) is 2.27. The van der Waals surface area contributed by atoms with Gasteiger partial charge in [0.05, 0.1) is 29.6 Å². The van der Waals surface area contributed by atoms with E-state index in [4.69, 9.17) is 16.9 Å². The van der Waals surface area contributed by atoms with Crippen molar-refractivity contribution in [3.63, 3.8) is 0 Å². The van der Waals surface area contributed by atoms with E-state index in [1.807, 2.05) is 0 Å². The van der Waals surface area contributed by atoms with E-state index in [0.717, 1.165) is 6.20 Å². The molecule has 0 spiro atoms. The molecule has 0 aliphatic carbocycles. The summed E-state index contributed by atoms with van der Waals surface area (Å²) in [7, 11) is 0. The highest BCUT2D eigenvalue weighted by atomic mass is 35.5. The minimum atomic E-state index is -5.16. The fourth-order valence-corrected chi connectivity index (χ4v) is 1.57. The molecule has 0 amide bonds. The van der Waals surface area contributed by atoms with E-state index < -0.39 is 42.1 Å². The number of aromatic nitrogens is 1. The third kappa shape index (κ3) is 3.92. The highest BCUT2D eigenvalue weighted by molar-refractivity contribution is 6.17. The van der Waals surface area contributed by atoms with Crippen LogP contribution in [0.25, 0.3) is 0 Å². The molecule has 0 atom stereocenters. The molecule has 1 rings (SSSR count). The molecule has 0 bridgehead atoms. The van der Waals surface area contributed by atoms with Gasteiger partial charge in [-0.05, 0) is 5.56 Å². The summed E-state index contributed by atoms with van der Waals surface area (Å²) in [5.74, 6) is -1.66. The molecule has 0 radical (unpaired) electrons. The van der Waals surface area contributed by atoms with Crippen molar-refractivity contribution in [1.82, 2.24) is 4.98 Å². The fourth-order valence-electron chi connectivity index (χ4n) is 1.38. The second-order valence-electron chi connectivity index (χ2n) is 3.29. The second-order valence-corrected chi connectivity index (χ2v) is 3.56. The Morgan fingerprint density at radius 2 is 2.05 bits per heavy atom. The summed E-state index contributed by atoms with van der Waals surface area (Å²) in [6.45, 7) is 0. The molecule has 1 aromatic heterocycles. The van der Waals surface area contributed by atoms with Crippen molar-refractivity contribution >= 4 is 11.6 Å². The van der Waals surface area contributed by atoms with Crippen LogP contribution in [0, 0.1) is 11.3 Å². The molecule has 104 valence electrons. The van der Waals surface area contributed by atoms with Gasteiger partial charge >= 0.3 is 6.36 Å². The Balaban J connectivity index is 3.44. The molecule has 0 aromatic carbocycles. The van der Waals surface area contributed by atoms with E-state index in [0.29, 0.717) is 0 Å². The van der Waals surface area contributed by atoms with Crippen LogP contribution < -0.4 is 4.74 Å². The van der Waals surface area contributed by atoms with Crippen molar-refractivity contribution < 1.29 is 26.7 Å². The second kappa shape index (κ2) is 6.02. The zero-order valence-electron chi connectivity index (χ0n) is 9.14. The number of nitrogens with zero attached hydrogens (tertiary/aromatic N) is 2. The van der Waals surface area contributed by atoms with Crippen molar-refractivity contribution in [2.24, 2.45) is 0 Å². The minimum absolute atomic E-state index is 0.328. The first-order valence-corrected chi connectivity index (χ1v) is 5.31. The Bertz CT molecular complexity index is 498. The van der Waals surface area contributed by atoms with Crippen LogP contribution in [0.3, 0.4) is 0 Å². The molecule has 1 aromatic rings. The highest BCUT2D eigenvalue weighted by Crippen LogP contribution is 2.38. The topological polar surface area (TPSA) is 45.9 Å². The smallest absolute Gasteiger partial charge is 0.403 e. The first-order chi connectivity index (χ1) is 8.80. The van der Waals surface area contributed by atoms with E-state index in [-0.39, 0.29) is 5.56 Å². The van der Waals surface area contributed by atoms with E-state index in [2.05, 4.69) is 9.72 Å². The third-order valence-electron chi connectivity index (χ3n) is 2.06. The Labute approximate surface area is 109 Å². The molecule has 0 saturated heterocycles. The number of ether oxygens (including phenoxy) is 1. The van der Waals surface area contributed by atoms with Crippen molar-refractivity contribution in [3.8, 4) is 11.8 Å². The summed E-state index contributed by atoms with van der Waals surface area (Å²) in [5, 5.41) is 8.46. The highest BCUT2D eigenvalue weighted by Gasteiger charge is 2.35. The molecule has 19 heavy (non-hydrogen) atoms. The van der Waals surface area contributed by atoms with Crippen LogP contribution in [0.15, 0.2) is 6.20 Å². The first kappa shape index (κ1) is 15.4. The molecule has 0 aliphatic rings. The summed E-state index contributed by atoms with van der Waals surface area (Å²) in [6.07, 6.45) is -8.02. The van der Waals surface area contributed by atoms with E-state index in [1.54, 1.807) is 6.07 Å². The average molecular weight is 301 g/mol. The number of rotatable bonds is 4. The SMILES string of the molecule is N#CCc1cnc(CCl)c(OC(F)(F)F)c1C(F)F. The molecule has 0 fully saturated rings. The Morgan fingerprint density at radius 3 is 2.47 bits per heavy atom. The van der Waals surface area contributed by atoms with Gasteiger partial charge < -0.3 is 4.74 Å². The summed E-state index contributed by atoms with van der Waals surface area (Å²) < 4.78 is 66.0. The molecular weight excluding hydrogens is 295 g/mol. The maximum atomic E-state index is 12.9. The lowest BCUT2D eigenvalue weighted by atomic mass is 10.1. The van der Waals surface area contributed by atoms with Crippen LogP contribution in [0.4, 0.5) is 22.0 Å². The van der Waals surface area contributed by atoms with Gasteiger partial charge in [0.1, 0.15) is 0 Å². The molecule has 0 unspecified atom stereocenters. The van der Waals surface area contributed by atoms with Gasteiger partial charge in [0.2, 0.25) is 0 Å². The van der Waals surface area contributed by atoms with Gasteiger partial charge in [-0.3, -0.25) is 4.98 Å². The van der Waals surface area contributed by atoms with E-state index in [9.17, 15) is 22.0 Å². The number of alkyl halides is 6. The van der Waals surface area contributed by atoms with Crippen LogP contribution >= 0.6 is 11.6 Å². The molecular formula is C10H6ClF5N2O. The summed E-state index contributed by atoms with van der Waals surface area (Å²) >= 11 is 5.35. The molecule has 0 N–H and O–H groups in total. The van der Waals surface area contributed by atoms with E-state index >= 15 is 0 Å². The van der Waals surface area contributed by atoms with E-state index in [1.165, 1.54) is 0 Å². The molecule has 0 aliphatic heterocycles. The molecule has 0 saturated carbocycles. The quantitative estimate of drug-likeness (QED) is 0.629. The third-order valence-corrected chi connectivity index (χ3v) is 2.31. The van der Waals surface area contributed by atoms with Gasteiger partial charge in [0.15, 0.2) is 5.75 Å². The van der Waals surface area contributed by atoms with Crippen molar-refractivity contribution in [2.75, 3.05) is 0 Å². The molecule has 9 heteroatoms. The lowest BCUT2D eigenvalue weighted by molar-refractivity contribution is -0.275. The number of pyridine rings is 1. The van der Waals surface area contributed by atoms with Crippen molar-refractivity contribution in [2.45, 2.75) is 25.1 Å². The van der Waals surface area contributed by atoms with Crippen LogP contribution in [-0.2, 0) is 12.3 Å². The maximum absolute atomic E-state index is 12.9. The summed E-state index contributed by atoms with van der Waals surface area (Å²) in [4.78, 5) is 3.50. The minimum Gasteiger partial charge on any atom is -0.403 e. The van der Waals surface area contributed by atoms with Crippen molar-refractivity contribution in [3.05, 3.63) is 23.0 Å².